The third-order valence-corrected chi connectivity index (χ3v) is 3.28. The molecule has 1 aromatic carbocycles. The van der Waals surface area contributed by atoms with Gasteiger partial charge in [0.15, 0.2) is 0 Å². The first-order chi connectivity index (χ1) is 6.88. The van der Waals surface area contributed by atoms with E-state index in [4.69, 9.17) is 0 Å². The largest absolute Gasteiger partial charge is 0.313 e. The third-order valence-electron chi connectivity index (χ3n) is 3.28. The molecule has 1 N–H and O–H groups in total. The quantitative estimate of drug-likeness (QED) is 0.754. The van der Waals surface area contributed by atoms with Gasteiger partial charge in [0.25, 0.3) is 0 Å². The van der Waals surface area contributed by atoms with Gasteiger partial charge in [-0.3, -0.25) is 0 Å². The molecule has 1 aromatic rings. The van der Waals surface area contributed by atoms with Crippen molar-refractivity contribution in [1.82, 2.24) is 5.32 Å². The van der Waals surface area contributed by atoms with Gasteiger partial charge in [0.1, 0.15) is 0 Å². The molecular formula is C13H19N. The molecule has 1 unspecified atom stereocenters. The van der Waals surface area contributed by atoms with Crippen molar-refractivity contribution in [3.8, 4) is 0 Å². The molecule has 2 atom stereocenters. The van der Waals surface area contributed by atoms with E-state index in [1.165, 1.54) is 31.4 Å². The lowest BCUT2D eigenvalue weighted by Gasteiger charge is -2.29. The molecule has 0 radical (unpaired) electrons. The van der Waals surface area contributed by atoms with Crippen LogP contribution in [0.25, 0.3) is 0 Å². The molecular weight excluding hydrogens is 170 g/mol. The first-order valence-electron chi connectivity index (χ1n) is 5.66. The minimum absolute atomic E-state index is 0.650. The Hall–Kier alpha value is -0.820. The Kier molecular flexibility index (Phi) is 3.20. The van der Waals surface area contributed by atoms with Gasteiger partial charge in [0.2, 0.25) is 0 Å². The highest BCUT2D eigenvalue weighted by atomic mass is 14.9. The molecule has 0 bridgehead atoms. The molecule has 1 nitrogen and oxygen atoms in total. The molecule has 0 aliphatic carbocycles. The van der Waals surface area contributed by atoms with E-state index in [0.29, 0.717) is 12.0 Å². The van der Waals surface area contributed by atoms with Crippen molar-refractivity contribution in [2.75, 3.05) is 6.54 Å². The van der Waals surface area contributed by atoms with Crippen LogP contribution in [0.3, 0.4) is 0 Å². The topological polar surface area (TPSA) is 12.0 Å². The van der Waals surface area contributed by atoms with E-state index in [0.717, 1.165) is 0 Å². The highest BCUT2D eigenvalue weighted by Gasteiger charge is 2.20. The molecule has 76 valence electrons. The first-order valence-corrected chi connectivity index (χ1v) is 5.66. The van der Waals surface area contributed by atoms with Crippen molar-refractivity contribution in [3.05, 3.63) is 35.9 Å². The van der Waals surface area contributed by atoms with Gasteiger partial charge in [-0.2, -0.15) is 0 Å². The molecule has 0 amide bonds. The number of hydrogen-bond acceptors (Lipinski definition) is 1. The van der Waals surface area contributed by atoms with Crippen molar-refractivity contribution < 1.29 is 0 Å². The van der Waals surface area contributed by atoms with Crippen LogP contribution in [-0.2, 0) is 0 Å². The number of piperidine rings is 1. The monoisotopic (exact) mass is 189 g/mol. The van der Waals surface area contributed by atoms with Crippen molar-refractivity contribution in [2.45, 2.75) is 38.1 Å². The zero-order valence-corrected chi connectivity index (χ0v) is 8.87. The number of nitrogens with one attached hydrogen (secondary N) is 1. The third kappa shape index (κ3) is 2.16. The van der Waals surface area contributed by atoms with Crippen LogP contribution in [0, 0.1) is 0 Å². The van der Waals surface area contributed by atoms with Gasteiger partial charge in [-0.1, -0.05) is 43.7 Å². The Morgan fingerprint density at radius 2 is 2.00 bits per heavy atom. The Bertz CT molecular complexity index is 262. The van der Waals surface area contributed by atoms with Crippen LogP contribution in [0.15, 0.2) is 30.3 Å². The minimum atomic E-state index is 0.650. The minimum Gasteiger partial charge on any atom is -0.313 e. The van der Waals surface area contributed by atoms with Crippen molar-refractivity contribution in [1.29, 1.82) is 0 Å². The summed E-state index contributed by atoms with van der Waals surface area (Å²) >= 11 is 0. The van der Waals surface area contributed by atoms with E-state index >= 15 is 0 Å². The fourth-order valence-electron chi connectivity index (χ4n) is 2.29. The molecule has 1 heteroatoms. The Morgan fingerprint density at radius 3 is 2.64 bits per heavy atom. The zero-order chi connectivity index (χ0) is 9.80. The number of hydrogen-bond donors (Lipinski definition) is 1. The van der Waals surface area contributed by atoms with Gasteiger partial charge in [0, 0.05) is 6.04 Å². The number of benzene rings is 1. The maximum atomic E-state index is 3.62. The normalized spacial score (nSPS) is 24.5. The van der Waals surface area contributed by atoms with Crippen LogP contribution in [0.4, 0.5) is 0 Å². The molecule has 0 saturated carbocycles. The van der Waals surface area contributed by atoms with E-state index in [-0.39, 0.29) is 0 Å². The zero-order valence-electron chi connectivity index (χ0n) is 8.87. The van der Waals surface area contributed by atoms with Crippen molar-refractivity contribution >= 4 is 0 Å². The molecule has 1 saturated heterocycles. The van der Waals surface area contributed by atoms with E-state index in [9.17, 15) is 0 Å². The average Bonchev–Trinajstić information content (AvgIpc) is 2.30. The maximum absolute atomic E-state index is 3.62. The van der Waals surface area contributed by atoms with Crippen LogP contribution >= 0.6 is 0 Å². The summed E-state index contributed by atoms with van der Waals surface area (Å²) in [6.07, 6.45) is 4.06. The predicted octanol–water partition coefficient (Wildman–Crippen LogP) is 2.93. The predicted molar refractivity (Wildman–Crippen MR) is 60.5 cm³/mol. The molecule has 0 aromatic heterocycles. The van der Waals surface area contributed by atoms with Gasteiger partial charge in [-0.15, -0.1) is 0 Å². The van der Waals surface area contributed by atoms with Crippen molar-refractivity contribution in [3.63, 3.8) is 0 Å². The van der Waals surface area contributed by atoms with Crippen LogP contribution in [0.2, 0.25) is 0 Å². The second kappa shape index (κ2) is 4.61. The van der Waals surface area contributed by atoms with Gasteiger partial charge in [0.05, 0.1) is 0 Å². The van der Waals surface area contributed by atoms with Gasteiger partial charge < -0.3 is 5.32 Å². The molecule has 1 heterocycles. The molecule has 0 spiro atoms. The second-order valence-corrected chi connectivity index (χ2v) is 4.26. The number of rotatable bonds is 2. The van der Waals surface area contributed by atoms with Crippen LogP contribution in [0.5, 0.6) is 0 Å². The summed E-state index contributed by atoms with van der Waals surface area (Å²) in [5, 5.41) is 3.62. The molecule has 1 aliphatic rings. The van der Waals surface area contributed by atoms with Crippen LogP contribution < -0.4 is 5.32 Å². The summed E-state index contributed by atoms with van der Waals surface area (Å²) in [5.41, 5.74) is 1.46. The van der Waals surface area contributed by atoms with E-state index in [1.807, 2.05) is 0 Å². The summed E-state index contributed by atoms with van der Waals surface area (Å²) in [7, 11) is 0. The smallest absolute Gasteiger partial charge is 0.0133 e. The van der Waals surface area contributed by atoms with Crippen LogP contribution in [0.1, 0.15) is 37.7 Å². The first kappa shape index (κ1) is 9.72. The standard InChI is InChI=1S/C13H19N/c1-11(12-7-3-2-4-8-12)13-9-5-6-10-14-13/h2-4,7-8,11,13-14H,5-6,9-10H2,1H3/t11?,13-/m1/s1. The second-order valence-electron chi connectivity index (χ2n) is 4.26. The Balaban J connectivity index is 2.03. The Labute approximate surface area is 86.5 Å². The summed E-state index contributed by atoms with van der Waals surface area (Å²) in [6.45, 7) is 3.53. The Morgan fingerprint density at radius 1 is 1.21 bits per heavy atom. The summed E-state index contributed by atoms with van der Waals surface area (Å²) in [4.78, 5) is 0. The van der Waals surface area contributed by atoms with Crippen molar-refractivity contribution in [2.24, 2.45) is 0 Å². The molecule has 1 fully saturated rings. The van der Waals surface area contributed by atoms with E-state index < -0.39 is 0 Å². The summed E-state index contributed by atoms with van der Waals surface area (Å²) < 4.78 is 0. The lowest BCUT2D eigenvalue weighted by Crippen LogP contribution is -2.37. The lowest BCUT2D eigenvalue weighted by atomic mass is 9.88. The molecule has 1 aliphatic heterocycles. The van der Waals surface area contributed by atoms with Crippen LogP contribution in [-0.4, -0.2) is 12.6 Å². The summed E-state index contributed by atoms with van der Waals surface area (Å²) in [5.74, 6) is 0.650. The van der Waals surface area contributed by atoms with Gasteiger partial charge >= 0.3 is 0 Å². The SMILES string of the molecule is CC(c1ccccc1)[C@H]1CCCCN1. The highest BCUT2D eigenvalue weighted by molar-refractivity contribution is 5.20. The fourth-order valence-corrected chi connectivity index (χ4v) is 2.29. The van der Waals surface area contributed by atoms with Gasteiger partial charge in [-0.25, -0.2) is 0 Å². The fraction of sp³-hybridized carbons (Fsp3) is 0.538. The average molecular weight is 189 g/mol. The molecule has 2 rings (SSSR count). The highest BCUT2D eigenvalue weighted by Crippen LogP contribution is 2.24. The lowest BCUT2D eigenvalue weighted by molar-refractivity contribution is 0.361. The summed E-state index contributed by atoms with van der Waals surface area (Å²) in [6, 6.07) is 11.5. The molecule has 14 heavy (non-hydrogen) atoms. The van der Waals surface area contributed by atoms with E-state index in [1.54, 1.807) is 0 Å². The van der Waals surface area contributed by atoms with E-state index in [2.05, 4.69) is 42.6 Å². The maximum Gasteiger partial charge on any atom is 0.0133 e. The van der Waals surface area contributed by atoms with Gasteiger partial charge in [-0.05, 0) is 30.9 Å².